The summed E-state index contributed by atoms with van der Waals surface area (Å²) in [6, 6.07) is 12.9. The molecule has 0 aromatic heterocycles. The zero-order chi connectivity index (χ0) is 17.9. The number of nitrogens with zero attached hydrogens (tertiary/aromatic N) is 2. The second kappa shape index (κ2) is 18.2. The van der Waals surface area contributed by atoms with Crippen molar-refractivity contribution in [3.05, 3.63) is 61.2 Å². The van der Waals surface area contributed by atoms with Crippen LogP contribution in [0.4, 0.5) is 0 Å². The minimum atomic E-state index is 0.289. The lowest BCUT2D eigenvalue weighted by molar-refractivity contribution is 0.198. The predicted molar refractivity (Wildman–Crippen MR) is 103 cm³/mol. The summed E-state index contributed by atoms with van der Waals surface area (Å²) < 4.78 is 0. The van der Waals surface area contributed by atoms with E-state index in [1.807, 2.05) is 33.8 Å². The molecule has 0 atom stereocenters. The summed E-state index contributed by atoms with van der Waals surface area (Å²) in [7, 11) is 0. The van der Waals surface area contributed by atoms with Gasteiger partial charge in [0.15, 0.2) is 0 Å². The maximum atomic E-state index is 8.80. The van der Waals surface area contributed by atoms with E-state index < -0.39 is 0 Å². The van der Waals surface area contributed by atoms with Crippen LogP contribution in [0.15, 0.2) is 55.6 Å². The average Bonchev–Trinajstić information content (AvgIpc) is 2.67. The molecule has 0 N–H and O–H groups in total. The maximum Gasteiger partial charge on any atom is 0.0656 e. The number of hydrogen-bond donors (Lipinski definition) is 0. The zero-order valence-electron chi connectivity index (χ0n) is 15.5. The Morgan fingerprint density at radius 2 is 1.52 bits per heavy atom. The van der Waals surface area contributed by atoms with E-state index in [0.29, 0.717) is 0 Å². The topological polar surface area (TPSA) is 27.0 Å². The summed E-state index contributed by atoms with van der Waals surface area (Å²) in [6.07, 6.45) is 5.34. The smallest absolute Gasteiger partial charge is 0.0656 e. The molecule has 1 aliphatic rings. The van der Waals surface area contributed by atoms with Crippen LogP contribution in [0.25, 0.3) is 0 Å². The molecule has 2 heteroatoms. The highest BCUT2D eigenvalue weighted by atomic mass is 15.1. The Hall–Kier alpha value is -1.85. The molecule has 0 spiro atoms. The Bertz CT molecular complexity index is 403. The van der Waals surface area contributed by atoms with Gasteiger partial charge in [0.25, 0.3) is 0 Å². The van der Waals surface area contributed by atoms with Gasteiger partial charge in [0.2, 0.25) is 0 Å². The van der Waals surface area contributed by atoms with Crippen LogP contribution in [-0.4, -0.2) is 18.0 Å². The van der Waals surface area contributed by atoms with Crippen molar-refractivity contribution < 1.29 is 0 Å². The van der Waals surface area contributed by atoms with E-state index in [1.54, 1.807) is 12.2 Å². The van der Waals surface area contributed by atoms with Crippen molar-refractivity contribution in [3.63, 3.8) is 0 Å². The molecule has 23 heavy (non-hydrogen) atoms. The summed E-state index contributed by atoms with van der Waals surface area (Å²) in [5.74, 6) is 0.289. The number of hydrogen-bond acceptors (Lipinski definition) is 2. The molecule has 1 saturated heterocycles. The van der Waals surface area contributed by atoms with Gasteiger partial charge in [0.1, 0.15) is 0 Å². The molecule has 0 aliphatic carbocycles. The quantitative estimate of drug-likeness (QED) is 0.656. The van der Waals surface area contributed by atoms with Gasteiger partial charge in [0, 0.05) is 12.5 Å². The van der Waals surface area contributed by atoms with Gasteiger partial charge >= 0.3 is 0 Å². The van der Waals surface area contributed by atoms with Crippen LogP contribution in [-0.2, 0) is 6.54 Å². The largest absolute Gasteiger partial charge is 0.299 e. The summed E-state index contributed by atoms with van der Waals surface area (Å²) >= 11 is 0. The van der Waals surface area contributed by atoms with E-state index in [4.69, 9.17) is 5.26 Å². The molecule has 2 nitrogen and oxygen atoms in total. The third-order valence-electron chi connectivity index (χ3n) is 3.19. The second-order valence-electron chi connectivity index (χ2n) is 4.64. The predicted octanol–water partition coefficient (Wildman–Crippen LogP) is 5.83. The van der Waals surface area contributed by atoms with Crippen molar-refractivity contribution >= 4 is 0 Å². The lowest BCUT2D eigenvalue weighted by Crippen LogP contribution is -2.32. The summed E-state index contributed by atoms with van der Waals surface area (Å²) in [6.45, 7) is 17.9. The SMILES string of the molecule is C=CC=C.CC.CC.N#CC1CCN(Cc2ccccc2)CC1. The third kappa shape index (κ3) is 12.4. The van der Waals surface area contributed by atoms with Crippen LogP contribution in [0.5, 0.6) is 0 Å². The molecule has 2 rings (SSSR count). The van der Waals surface area contributed by atoms with Crippen LogP contribution >= 0.6 is 0 Å². The van der Waals surface area contributed by atoms with Crippen LogP contribution in [0.2, 0.25) is 0 Å². The van der Waals surface area contributed by atoms with Crippen molar-refractivity contribution in [2.45, 2.75) is 47.1 Å². The van der Waals surface area contributed by atoms with E-state index >= 15 is 0 Å². The van der Waals surface area contributed by atoms with Gasteiger partial charge in [-0.3, -0.25) is 4.90 Å². The Kier molecular flexibility index (Phi) is 18.5. The second-order valence-corrected chi connectivity index (χ2v) is 4.64. The molecule has 0 radical (unpaired) electrons. The first kappa shape index (κ1) is 23.4. The number of benzene rings is 1. The zero-order valence-corrected chi connectivity index (χ0v) is 15.5. The first-order valence-electron chi connectivity index (χ1n) is 8.69. The fraction of sp³-hybridized carbons (Fsp3) is 0.476. The van der Waals surface area contributed by atoms with Crippen LogP contribution < -0.4 is 0 Å². The Balaban J connectivity index is 0. The minimum Gasteiger partial charge on any atom is -0.299 e. The van der Waals surface area contributed by atoms with E-state index in [-0.39, 0.29) is 5.92 Å². The standard InChI is InChI=1S/C13H16N2.C4H6.2C2H6/c14-10-12-6-8-15(9-7-12)11-13-4-2-1-3-5-13;1-3-4-2;2*1-2/h1-5,12H,6-9,11H2;3-4H,1-2H2;2*1-2H3. The summed E-state index contributed by atoms with van der Waals surface area (Å²) in [5.41, 5.74) is 1.37. The van der Waals surface area contributed by atoms with Crippen molar-refractivity contribution in [3.8, 4) is 6.07 Å². The van der Waals surface area contributed by atoms with Gasteiger partial charge in [-0.1, -0.05) is 83.3 Å². The molecule has 0 amide bonds. The molecule has 0 saturated carbocycles. The highest BCUT2D eigenvalue weighted by Gasteiger charge is 2.18. The summed E-state index contributed by atoms with van der Waals surface area (Å²) in [4.78, 5) is 2.43. The van der Waals surface area contributed by atoms with Gasteiger partial charge in [-0.15, -0.1) is 0 Å². The molecule has 1 aliphatic heterocycles. The normalized spacial score (nSPS) is 13.5. The van der Waals surface area contributed by atoms with Gasteiger partial charge in [-0.05, 0) is 31.5 Å². The fourth-order valence-corrected chi connectivity index (χ4v) is 2.06. The molecule has 0 unspecified atom stereocenters. The molecule has 128 valence electrons. The first-order chi connectivity index (χ1) is 11.3. The molecular formula is C21H34N2. The van der Waals surface area contributed by atoms with E-state index in [2.05, 4.69) is 48.4 Å². The van der Waals surface area contributed by atoms with Crippen LogP contribution in [0, 0.1) is 17.2 Å². The van der Waals surface area contributed by atoms with Crippen molar-refractivity contribution in [1.82, 2.24) is 4.90 Å². The lowest BCUT2D eigenvalue weighted by atomic mass is 9.98. The fourth-order valence-electron chi connectivity index (χ4n) is 2.06. The van der Waals surface area contributed by atoms with Gasteiger partial charge in [-0.2, -0.15) is 5.26 Å². The highest BCUT2D eigenvalue weighted by Crippen LogP contribution is 2.17. The average molecular weight is 315 g/mol. The molecule has 1 aromatic carbocycles. The maximum absolute atomic E-state index is 8.80. The van der Waals surface area contributed by atoms with E-state index in [1.165, 1.54) is 5.56 Å². The third-order valence-corrected chi connectivity index (χ3v) is 3.19. The number of rotatable bonds is 3. The Morgan fingerprint density at radius 1 is 1.04 bits per heavy atom. The molecular weight excluding hydrogens is 280 g/mol. The molecule has 0 bridgehead atoms. The van der Waals surface area contributed by atoms with Gasteiger partial charge in [0.05, 0.1) is 6.07 Å². The highest BCUT2D eigenvalue weighted by molar-refractivity contribution is 5.14. The van der Waals surface area contributed by atoms with Crippen molar-refractivity contribution in [1.29, 1.82) is 5.26 Å². The Labute approximate surface area is 144 Å². The van der Waals surface area contributed by atoms with Gasteiger partial charge in [-0.25, -0.2) is 0 Å². The van der Waals surface area contributed by atoms with E-state index in [9.17, 15) is 0 Å². The molecule has 1 heterocycles. The van der Waals surface area contributed by atoms with Gasteiger partial charge < -0.3 is 0 Å². The Morgan fingerprint density at radius 3 is 1.91 bits per heavy atom. The monoisotopic (exact) mass is 314 g/mol. The van der Waals surface area contributed by atoms with Crippen molar-refractivity contribution in [2.24, 2.45) is 5.92 Å². The molecule has 1 aromatic rings. The molecule has 1 fully saturated rings. The lowest BCUT2D eigenvalue weighted by Gasteiger charge is -2.28. The number of likely N-dealkylation sites (tertiary alicyclic amines) is 1. The van der Waals surface area contributed by atoms with Crippen LogP contribution in [0.3, 0.4) is 0 Å². The van der Waals surface area contributed by atoms with E-state index in [0.717, 1.165) is 32.5 Å². The number of piperidine rings is 1. The summed E-state index contributed by atoms with van der Waals surface area (Å²) in [5, 5.41) is 8.80. The number of nitriles is 1. The first-order valence-corrected chi connectivity index (χ1v) is 8.69. The van der Waals surface area contributed by atoms with Crippen LogP contribution in [0.1, 0.15) is 46.1 Å². The minimum absolute atomic E-state index is 0.289. The number of allylic oxidation sites excluding steroid dienone is 2. The van der Waals surface area contributed by atoms with Crippen molar-refractivity contribution in [2.75, 3.05) is 13.1 Å².